The Morgan fingerprint density at radius 3 is 2.06 bits per heavy atom. The minimum Gasteiger partial charge on any atom is -0.399 e. The van der Waals surface area contributed by atoms with Gasteiger partial charge in [0.05, 0.1) is 9.79 Å². The molecule has 0 atom stereocenters. The lowest BCUT2D eigenvalue weighted by molar-refractivity contribution is -0.113. The zero-order valence-electron chi connectivity index (χ0n) is 18.4. The van der Waals surface area contributed by atoms with E-state index < -0.39 is 19.9 Å². The number of hydrogen-bond donors (Lipinski definition) is 3. The molecule has 190 valence electrons. The number of rotatable bonds is 8. The molecule has 0 saturated heterocycles. The Labute approximate surface area is 221 Å². The van der Waals surface area contributed by atoms with Crippen LogP contribution in [-0.2, 0) is 30.4 Å². The average molecular weight is 586 g/mol. The third kappa shape index (κ3) is 7.99. The SMILES string of the molecule is Nc1ccc(S(=O)(=O)Nc2nccs2)cc1.O=C(CCl)Nc1ccc(S(=O)(=O)Cc2nccs2)cc1. The van der Waals surface area contributed by atoms with Gasteiger partial charge < -0.3 is 11.1 Å². The molecule has 0 spiro atoms. The minimum absolute atomic E-state index is 0.127. The van der Waals surface area contributed by atoms with Gasteiger partial charge in [-0.15, -0.1) is 34.3 Å². The Balaban J connectivity index is 0.000000205. The first kappa shape index (κ1) is 27.5. The van der Waals surface area contributed by atoms with Gasteiger partial charge in [0.25, 0.3) is 10.0 Å². The molecule has 2 aromatic heterocycles. The van der Waals surface area contributed by atoms with E-state index in [9.17, 15) is 21.6 Å². The van der Waals surface area contributed by atoms with E-state index in [0.29, 0.717) is 21.5 Å². The number of sulfonamides is 1. The van der Waals surface area contributed by atoms with Crippen LogP contribution in [0.4, 0.5) is 16.5 Å². The average Bonchev–Trinajstić information content (AvgIpc) is 3.54. The molecule has 4 rings (SSSR count). The van der Waals surface area contributed by atoms with E-state index in [1.165, 1.54) is 77.4 Å². The molecule has 0 aliphatic carbocycles. The van der Waals surface area contributed by atoms with Crippen LogP contribution in [0.15, 0.2) is 81.5 Å². The van der Waals surface area contributed by atoms with Crippen molar-refractivity contribution in [3.8, 4) is 0 Å². The van der Waals surface area contributed by atoms with Crippen molar-refractivity contribution in [1.29, 1.82) is 0 Å². The molecule has 4 aromatic rings. The molecule has 2 aromatic carbocycles. The summed E-state index contributed by atoms with van der Waals surface area (Å²) in [5.74, 6) is -0.618. The Kier molecular flexibility index (Phi) is 9.39. The number of hydrogen-bond acceptors (Lipinski definition) is 10. The number of nitrogens with two attached hydrogens (primary N) is 1. The van der Waals surface area contributed by atoms with Crippen molar-refractivity contribution >= 4 is 76.5 Å². The number of nitrogen functional groups attached to an aromatic ring is 1. The van der Waals surface area contributed by atoms with Gasteiger partial charge in [-0.25, -0.2) is 26.8 Å². The van der Waals surface area contributed by atoms with E-state index in [2.05, 4.69) is 20.0 Å². The summed E-state index contributed by atoms with van der Waals surface area (Å²) in [6, 6.07) is 11.9. The van der Waals surface area contributed by atoms with Crippen LogP contribution >= 0.6 is 34.3 Å². The van der Waals surface area contributed by atoms with Crippen LogP contribution in [0.3, 0.4) is 0 Å². The largest absolute Gasteiger partial charge is 0.399 e. The van der Waals surface area contributed by atoms with Gasteiger partial charge >= 0.3 is 0 Å². The summed E-state index contributed by atoms with van der Waals surface area (Å²) in [6.07, 6.45) is 3.10. The van der Waals surface area contributed by atoms with Crippen LogP contribution in [0.1, 0.15) is 5.01 Å². The Bertz CT molecular complexity index is 1480. The first-order valence-electron chi connectivity index (χ1n) is 9.94. The number of benzene rings is 2. The van der Waals surface area contributed by atoms with Crippen LogP contribution in [-0.4, -0.2) is 38.6 Å². The molecule has 36 heavy (non-hydrogen) atoms. The van der Waals surface area contributed by atoms with Crippen molar-refractivity contribution in [2.24, 2.45) is 0 Å². The second kappa shape index (κ2) is 12.3. The molecule has 0 radical (unpaired) electrons. The predicted molar refractivity (Wildman–Crippen MR) is 143 cm³/mol. The maximum Gasteiger partial charge on any atom is 0.263 e. The van der Waals surface area contributed by atoms with Crippen molar-refractivity contribution in [3.63, 3.8) is 0 Å². The molecule has 0 aliphatic heterocycles. The van der Waals surface area contributed by atoms with E-state index in [-0.39, 0.29) is 27.3 Å². The summed E-state index contributed by atoms with van der Waals surface area (Å²) in [4.78, 5) is 19.3. The summed E-state index contributed by atoms with van der Waals surface area (Å²) in [7, 11) is -6.98. The molecule has 15 heteroatoms. The number of anilines is 3. The fraction of sp³-hybridized carbons (Fsp3) is 0.0952. The second-order valence-corrected chi connectivity index (χ2v) is 12.7. The highest BCUT2D eigenvalue weighted by Crippen LogP contribution is 2.20. The fourth-order valence-corrected chi connectivity index (χ4v) is 6.72. The number of alkyl halides is 1. The summed E-state index contributed by atoms with van der Waals surface area (Å²) < 4.78 is 50.3. The normalized spacial score (nSPS) is 11.2. The van der Waals surface area contributed by atoms with Gasteiger partial charge in [-0.1, -0.05) is 0 Å². The smallest absolute Gasteiger partial charge is 0.263 e. The Morgan fingerprint density at radius 2 is 1.50 bits per heavy atom. The number of nitrogens with zero attached hydrogens (tertiary/aromatic N) is 2. The molecule has 0 bridgehead atoms. The van der Waals surface area contributed by atoms with Gasteiger partial charge in [0, 0.05) is 34.5 Å². The highest BCUT2D eigenvalue weighted by Gasteiger charge is 2.17. The highest BCUT2D eigenvalue weighted by molar-refractivity contribution is 7.93. The van der Waals surface area contributed by atoms with Crippen LogP contribution in [0.2, 0.25) is 0 Å². The van der Waals surface area contributed by atoms with Gasteiger partial charge in [0.15, 0.2) is 15.0 Å². The molecule has 0 aliphatic rings. The minimum atomic E-state index is -3.56. The third-order valence-electron chi connectivity index (χ3n) is 4.26. The molecular formula is C21H20ClN5O5S4. The van der Waals surface area contributed by atoms with Crippen molar-refractivity contribution in [2.75, 3.05) is 21.7 Å². The molecule has 0 unspecified atom stereocenters. The zero-order chi connectivity index (χ0) is 26.2. The van der Waals surface area contributed by atoms with E-state index >= 15 is 0 Å². The van der Waals surface area contributed by atoms with Crippen LogP contribution < -0.4 is 15.8 Å². The highest BCUT2D eigenvalue weighted by atomic mass is 35.5. The number of nitrogens with one attached hydrogen (secondary N) is 2. The van der Waals surface area contributed by atoms with E-state index in [1.807, 2.05) is 0 Å². The first-order valence-corrected chi connectivity index (χ1v) is 15.4. The van der Waals surface area contributed by atoms with Gasteiger partial charge in [-0.3, -0.25) is 9.52 Å². The molecular weight excluding hydrogens is 566 g/mol. The van der Waals surface area contributed by atoms with Crippen molar-refractivity contribution < 1.29 is 21.6 Å². The monoisotopic (exact) mass is 585 g/mol. The van der Waals surface area contributed by atoms with Crippen molar-refractivity contribution in [3.05, 3.63) is 76.7 Å². The number of halogens is 1. The number of aromatic nitrogens is 2. The lowest BCUT2D eigenvalue weighted by atomic mass is 10.3. The van der Waals surface area contributed by atoms with Crippen LogP contribution in [0, 0.1) is 0 Å². The topological polar surface area (TPSA) is 161 Å². The number of thiazole rings is 2. The maximum atomic E-state index is 12.1. The molecule has 1 amide bonds. The number of sulfone groups is 1. The third-order valence-corrected chi connectivity index (χ3v) is 9.28. The van der Waals surface area contributed by atoms with Gasteiger partial charge in [-0.2, -0.15) is 0 Å². The number of amides is 1. The molecule has 0 saturated carbocycles. The summed E-state index contributed by atoms with van der Waals surface area (Å²) in [5, 5.41) is 6.86. The second-order valence-electron chi connectivity index (χ2n) is 6.90. The van der Waals surface area contributed by atoms with Crippen molar-refractivity contribution in [2.45, 2.75) is 15.5 Å². The van der Waals surface area contributed by atoms with E-state index in [4.69, 9.17) is 17.3 Å². The quantitative estimate of drug-likeness (QED) is 0.208. The molecule has 2 heterocycles. The van der Waals surface area contributed by atoms with Gasteiger partial charge in [0.1, 0.15) is 16.6 Å². The summed E-state index contributed by atoms with van der Waals surface area (Å²) >= 11 is 7.89. The summed E-state index contributed by atoms with van der Waals surface area (Å²) in [5.41, 5.74) is 6.51. The number of carbonyl (C=O) groups excluding carboxylic acids is 1. The maximum absolute atomic E-state index is 12.1. The zero-order valence-corrected chi connectivity index (χ0v) is 22.4. The van der Waals surface area contributed by atoms with Crippen molar-refractivity contribution in [1.82, 2.24) is 9.97 Å². The standard InChI is InChI=1S/C12H11ClN2O3S2.C9H9N3O2S2/c13-7-11(16)15-9-1-3-10(4-2-9)20(17,18)8-12-14-5-6-19-12;10-7-1-3-8(4-2-7)16(13,14)12-9-11-5-6-15-9/h1-6H,7-8H2,(H,15,16);1-6H,10H2,(H,11,12). The lowest BCUT2D eigenvalue weighted by Crippen LogP contribution is -2.12. The summed E-state index contributed by atoms with van der Waals surface area (Å²) in [6.45, 7) is 0. The first-order chi connectivity index (χ1) is 17.1. The Morgan fingerprint density at radius 1 is 0.889 bits per heavy atom. The van der Waals surface area contributed by atoms with Gasteiger partial charge in [0.2, 0.25) is 5.91 Å². The molecule has 10 nitrogen and oxygen atoms in total. The number of carbonyl (C=O) groups is 1. The van der Waals surface area contributed by atoms with Crippen LogP contribution in [0.5, 0.6) is 0 Å². The lowest BCUT2D eigenvalue weighted by Gasteiger charge is -2.05. The fourth-order valence-electron chi connectivity index (χ4n) is 2.60. The molecule has 4 N–H and O–H groups in total. The Hall–Kier alpha value is -3.04. The van der Waals surface area contributed by atoms with E-state index in [0.717, 1.165) is 0 Å². The predicted octanol–water partition coefficient (Wildman–Crippen LogP) is 3.82. The van der Waals surface area contributed by atoms with E-state index in [1.54, 1.807) is 17.0 Å². The van der Waals surface area contributed by atoms with Crippen LogP contribution in [0.25, 0.3) is 0 Å². The molecule has 0 fully saturated rings. The van der Waals surface area contributed by atoms with Gasteiger partial charge in [-0.05, 0) is 48.5 Å².